The number of nitrogens with zero attached hydrogens (tertiary/aromatic N) is 5. The average Bonchev–Trinajstić information content (AvgIpc) is 4.04. The highest BCUT2D eigenvalue weighted by Crippen LogP contribution is 2.52. The van der Waals surface area contributed by atoms with Crippen molar-refractivity contribution in [3.8, 4) is 29.0 Å². The van der Waals surface area contributed by atoms with E-state index >= 15 is 8.78 Å². The number of hydrogen-bond donors (Lipinski definition) is 3. The lowest BCUT2D eigenvalue weighted by Gasteiger charge is -2.39. The molecule has 0 spiro atoms. The molecule has 0 radical (unpaired) electrons. The van der Waals surface area contributed by atoms with Crippen molar-refractivity contribution in [2.24, 2.45) is 5.92 Å². The van der Waals surface area contributed by atoms with Gasteiger partial charge in [0.25, 0.3) is 0 Å². The molecule has 4 saturated heterocycles. The molecule has 1 saturated carbocycles. The Morgan fingerprint density at radius 2 is 2.09 bits per heavy atom. The van der Waals surface area contributed by atoms with E-state index in [1.165, 1.54) is 12.1 Å². The number of hydrogen-bond acceptors (Lipinski definition) is 11. The lowest BCUT2D eigenvalue weighted by atomic mass is 9.95. The molecule has 6 atom stereocenters. The normalized spacial score (nSPS) is 29.0. The molecule has 2 unspecified atom stereocenters. The summed E-state index contributed by atoms with van der Waals surface area (Å²) in [5.41, 5.74) is 5.59. The molecule has 4 aromatic rings. The van der Waals surface area contributed by atoms with E-state index in [9.17, 15) is 14.4 Å². The fourth-order valence-corrected chi connectivity index (χ4v) is 10.7. The lowest BCUT2D eigenvalue weighted by molar-refractivity contribution is -0.121. The first kappa shape index (κ1) is 33.5. The van der Waals surface area contributed by atoms with E-state index in [-0.39, 0.29) is 103 Å². The highest BCUT2D eigenvalue weighted by Gasteiger charge is 2.52. The summed E-state index contributed by atoms with van der Waals surface area (Å²) in [6.45, 7) is 1.89. The zero-order chi connectivity index (χ0) is 36.3. The molecule has 11 nitrogen and oxygen atoms in total. The van der Waals surface area contributed by atoms with Crippen molar-refractivity contribution in [3.05, 3.63) is 34.4 Å². The number of nitrogens with one attached hydrogen (secondary N) is 2. The van der Waals surface area contributed by atoms with E-state index in [4.69, 9.17) is 31.8 Å². The van der Waals surface area contributed by atoms with Crippen LogP contribution in [0, 0.1) is 28.9 Å². The van der Waals surface area contributed by atoms with Crippen molar-refractivity contribution < 1.29 is 27.4 Å². The van der Waals surface area contributed by atoms with Crippen LogP contribution in [0.15, 0.2) is 12.1 Å². The standard InChI is InChI=1S/C37H36ClF3N8O3S/c38-26-24(20-4-5-22(40)32-23(20)21(12-42)33(43)53-32)27(41)29-25-31(26)51-14-19-10-18(44-35(50)30-28(45-30)16-2-3-16)6-9-49(19)34(25)47-36(46-29)52-15-37-7-1-8-48(37)13-17(39)11-37/h4-5,16-19,28,30,45H,1-3,6-11,13-15,43H2,(H,44,50)/t17-,18?,19?,28+,30-,37+/m1/s1. The first-order valence-corrected chi connectivity index (χ1v) is 19.4. The van der Waals surface area contributed by atoms with Crippen LogP contribution in [-0.4, -0.2) is 89.5 Å². The molecule has 6 aliphatic rings. The number of nitrogen functional groups attached to an aromatic ring is 1. The van der Waals surface area contributed by atoms with Gasteiger partial charge in [-0.25, -0.2) is 13.2 Å². The Kier molecular flexibility index (Phi) is 7.71. The van der Waals surface area contributed by atoms with Crippen LogP contribution in [0.3, 0.4) is 0 Å². The number of thiophene rings is 1. The Morgan fingerprint density at radius 3 is 2.91 bits per heavy atom. The van der Waals surface area contributed by atoms with Crippen LogP contribution in [-0.2, 0) is 4.79 Å². The van der Waals surface area contributed by atoms with E-state index in [0.717, 1.165) is 43.6 Å². The van der Waals surface area contributed by atoms with Crippen LogP contribution in [0.1, 0.15) is 50.5 Å². The van der Waals surface area contributed by atoms with Gasteiger partial charge in [-0.15, -0.1) is 11.3 Å². The van der Waals surface area contributed by atoms with Gasteiger partial charge in [-0.1, -0.05) is 17.7 Å². The molecule has 53 heavy (non-hydrogen) atoms. The number of anilines is 2. The van der Waals surface area contributed by atoms with Gasteiger partial charge in [0, 0.05) is 42.5 Å². The summed E-state index contributed by atoms with van der Waals surface area (Å²) in [5.74, 6) is -0.288. The molecule has 5 aliphatic heterocycles. The quantitative estimate of drug-likeness (QED) is 0.207. The third-order valence-electron chi connectivity index (χ3n) is 12.2. The molecule has 4 N–H and O–H groups in total. The van der Waals surface area contributed by atoms with Crippen LogP contribution in [0.25, 0.3) is 32.1 Å². The Bertz CT molecular complexity index is 2270. The number of nitriles is 1. The molecule has 0 bridgehead atoms. The number of halogens is 4. The van der Waals surface area contributed by atoms with E-state index in [0.29, 0.717) is 44.1 Å². The second-order valence-corrected chi connectivity index (χ2v) is 16.8. The van der Waals surface area contributed by atoms with Crippen molar-refractivity contribution in [1.82, 2.24) is 25.5 Å². The minimum Gasteiger partial charge on any atom is -0.489 e. The number of nitrogens with two attached hydrogens (primary N) is 1. The van der Waals surface area contributed by atoms with E-state index < -0.39 is 23.3 Å². The third-order valence-corrected chi connectivity index (χ3v) is 13.5. The average molecular weight is 765 g/mol. The van der Waals surface area contributed by atoms with Gasteiger partial charge in [-0.05, 0) is 62.6 Å². The number of rotatable bonds is 7. The number of benzene rings is 2. The molecule has 7 heterocycles. The summed E-state index contributed by atoms with van der Waals surface area (Å²) < 4.78 is 59.9. The monoisotopic (exact) mass is 764 g/mol. The van der Waals surface area contributed by atoms with Gasteiger partial charge >= 0.3 is 6.01 Å². The highest BCUT2D eigenvalue weighted by atomic mass is 35.5. The zero-order valence-electron chi connectivity index (χ0n) is 28.6. The minimum absolute atomic E-state index is 0.00669. The van der Waals surface area contributed by atoms with E-state index in [1.54, 1.807) is 0 Å². The van der Waals surface area contributed by atoms with Crippen molar-refractivity contribution in [2.75, 3.05) is 43.5 Å². The molecule has 2 aromatic carbocycles. The second kappa shape index (κ2) is 12.2. The lowest BCUT2D eigenvalue weighted by Crippen LogP contribution is -2.52. The van der Waals surface area contributed by atoms with Crippen LogP contribution < -0.4 is 30.7 Å². The number of fused-ring (bicyclic) bond motifs is 4. The summed E-state index contributed by atoms with van der Waals surface area (Å²) in [6.07, 6.45) is 4.55. The van der Waals surface area contributed by atoms with Crippen molar-refractivity contribution in [3.63, 3.8) is 0 Å². The van der Waals surface area contributed by atoms with Gasteiger partial charge in [0.2, 0.25) is 5.91 Å². The van der Waals surface area contributed by atoms with Gasteiger partial charge < -0.3 is 25.4 Å². The SMILES string of the molecule is N#Cc1c(N)sc2c(F)ccc(-c3c(Cl)c4c5c(nc(OC[C@@]67CCCN6C[C@H](F)C7)nc5c3F)N3CCC(NC(=O)[C@@H]5N[C@H]5C5CC5)CC3CO4)c12. The molecule has 2 aromatic heterocycles. The molecule has 1 amide bonds. The number of ether oxygens (including phenoxy) is 2. The van der Waals surface area contributed by atoms with Crippen LogP contribution in [0.4, 0.5) is 24.0 Å². The van der Waals surface area contributed by atoms with E-state index in [1.807, 2.05) is 11.0 Å². The molecule has 276 valence electrons. The number of carbonyl (C=O) groups is 1. The molecular formula is C37H36ClF3N8O3S. The number of amides is 1. The first-order chi connectivity index (χ1) is 25.6. The predicted molar refractivity (Wildman–Crippen MR) is 194 cm³/mol. The van der Waals surface area contributed by atoms with Gasteiger partial charge in [-0.3, -0.25) is 15.0 Å². The Morgan fingerprint density at radius 1 is 1.25 bits per heavy atom. The fraction of sp³-hybridized carbons (Fsp3) is 0.514. The molecular weight excluding hydrogens is 729 g/mol. The number of alkyl halides is 1. The maximum absolute atomic E-state index is 17.3. The largest absolute Gasteiger partial charge is 0.489 e. The third kappa shape index (κ3) is 5.31. The number of carbonyl (C=O) groups excluding carboxylic acids is 1. The Hall–Kier alpha value is -4.10. The van der Waals surface area contributed by atoms with Crippen LogP contribution in [0.2, 0.25) is 5.02 Å². The maximum Gasteiger partial charge on any atom is 0.319 e. The highest BCUT2D eigenvalue weighted by molar-refractivity contribution is 7.23. The molecule has 16 heteroatoms. The number of piperidine rings is 1. The number of aromatic nitrogens is 2. The molecule has 10 rings (SSSR count). The van der Waals surface area contributed by atoms with E-state index in [2.05, 4.69) is 20.5 Å². The van der Waals surface area contributed by atoms with Crippen LogP contribution >= 0.6 is 22.9 Å². The minimum atomic E-state index is -0.960. The summed E-state index contributed by atoms with van der Waals surface area (Å²) in [7, 11) is 0. The summed E-state index contributed by atoms with van der Waals surface area (Å²) >= 11 is 8.01. The second-order valence-electron chi connectivity index (χ2n) is 15.4. The Labute approximate surface area is 311 Å². The maximum atomic E-state index is 17.3. The summed E-state index contributed by atoms with van der Waals surface area (Å²) in [6, 6.07) is 4.26. The summed E-state index contributed by atoms with van der Waals surface area (Å²) in [4.78, 5) is 26.8. The predicted octanol–water partition coefficient (Wildman–Crippen LogP) is 5.45. The summed E-state index contributed by atoms with van der Waals surface area (Å²) in [5, 5.41) is 17.0. The van der Waals surface area contributed by atoms with Gasteiger partial charge in [-0.2, -0.15) is 15.2 Å². The first-order valence-electron chi connectivity index (χ1n) is 18.3. The molecule has 5 fully saturated rings. The fourth-order valence-electron chi connectivity index (χ4n) is 9.38. The smallest absolute Gasteiger partial charge is 0.319 e. The van der Waals surface area contributed by atoms with Crippen molar-refractivity contribution >= 4 is 60.7 Å². The molecule has 1 aliphatic carbocycles. The zero-order valence-corrected chi connectivity index (χ0v) is 30.1. The van der Waals surface area contributed by atoms with Gasteiger partial charge in [0.15, 0.2) is 11.6 Å². The van der Waals surface area contributed by atoms with Gasteiger partial charge in [0.05, 0.1) is 32.3 Å². The Balaban J connectivity index is 1.07. The van der Waals surface area contributed by atoms with Crippen molar-refractivity contribution in [2.45, 2.75) is 80.8 Å². The van der Waals surface area contributed by atoms with Crippen molar-refractivity contribution in [1.29, 1.82) is 5.26 Å². The topological polar surface area (TPSA) is 152 Å². The van der Waals surface area contributed by atoms with Crippen LogP contribution in [0.5, 0.6) is 11.8 Å². The van der Waals surface area contributed by atoms with Gasteiger partial charge in [0.1, 0.15) is 53.6 Å².